The predicted octanol–water partition coefficient (Wildman–Crippen LogP) is 2.67. The first-order chi connectivity index (χ1) is 11.1. The van der Waals surface area contributed by atoms with Crippen LogP contribution in [0.3, 0.4) is 0 Å². The average Bonchev–Trinajstić information content (AvgIpc) is 2.46. The summed E-state index contributed by atoms with van der Waals surface area (Å²) in [5.41, 5.74) is 6.39. The maximum Gasteiger partial charge on any atom is 0.407 e. The van der Waals surface area contributed by atoms with Gasteiger partial charge < -0.3 is 20.5 Å². The minimum absolute atomic E-state index is 0.00937. The first kappa shape index (κ1) is 20.3. The second-order valence-corrected chi connectivity index (χ2v) is 6.96. The van der Waals surface area contributed by atoms with Gasteiger partial charge in [-0.15, -0.1) is 0 Å². The molecule has 0 aliphatic heterocycles. The first-order valence-electron chi connectivity index (χ1n) is 7.67. The number of halogens is 1. The largest absolute Gasteiger partial charge is 0.469 e. The van der Waals surface area contributed by atoms with Crippen molar-refractivity contribution in [1.82, 2.24) is 5.32 Å². The van der Waals surface area contributed by atoms with Gasteiger partial charge in [0, 0.05) is 11.1 Å². The molecule has 0 saturated carbocycles. The molecule has 3 N–H and O–H groups in total. The summed E-state index contributed by atoms with van der Waals surface area (Å²) in [7, 11) is 1.30. The lowest BCUT2D eigenvalue weighted by Gasteiger charge is -2.27. The molecule has 1 aromatic rings. The van der Waals surface area contributed by atoms with Crippen molar-refractivity contribution < 1.29 is 19.1 Å². The molecular weight excluding hydrogens is 332 g/mol. The number of ether oxygens (including phenoxy) is 2. The second-order valence-electron chi connectivity index (χ2n) is 6.53. The van der Waals surface area contributed by atoms with Crippen molar-refractivity contribution >= 4 is 23.7 Å². The van der Waals surface area contributed by atoms with Crippen molar-refractivity contribution in [2.75, 3.05) is 7.11 Å². The van der Waals surface area contributed by atoms with E-state index >= 15 is 0 Å². The van der Waals surface area contributed by atoms with E-state index in [1.54, 1.807) is 32.9 Å². The predicted molar refractivity (Wildman–Crippen MR) is 92.9 cm³/mol. The van der Waals surface area contributed by atoms with Crippen LogP contribution in [-0.4, -0.2) is 36.9 Å². The van der Waals surface area contributed by atoms with E-state index in [1.807, 2.05) is 12.1 Å². The van der Waals surface area contributed by atoms with E-state index in [-0.39, 0.29) is 6.42 Å². The minimum Gasteiger partial charge on any atom is -0.469 e. The number of alkyl carbamates (subject to hydrolysis) is 1. The number of benzene rings is 1. The minimum atomic E-state index is -0.624. The van der Waals surface area contributed by atoms with Gasteiger partial charge in [0.05, 0.1) is 19.6 Å². The topological polar surface area (TPSA) is 90.6 Å². The number of methoxy groups -OCH3 is 1. The molecule has 0 saturated heterocycles. The van der Waals surface area contributed by atoms with Crippen LogP contribution in [0, 0.1) is 0 Å². The van der Waals surface area contributed by atoms with Crippen molar-refractivity contribution in [1.29, 1.82) is 0 Å². The molecule has 1 rings (SSSR count). The summed E-state index contributed by atoms with van der Waals surface area (Å²) in [6, 6.07) is 6.11. The standard InChI is InChI=1S/C17H25ClN2O4/c1-17(2,3)24-16(22)20-14(13(19)10-15(21)23-4)9-11-5-7-12(18)8-6-11/h5-8,13-14H,9-10,19H2,1-4H3,(H,20,22)/t13-,14+/m1/s1. The molecule has 6 nitrogen and oxygen atoms in total. The van der Waals surface area contributed by atoms with E-state index in [2.05, 4.69) is 10.1 Å². The summed E-state index contributed by atoms with van der Waals surface area (Å²) in [6.07, 6.45) is -0.152. The van der Waals surface area contributed by atoms with E-state index in [4.69, 9.17) is 22.1 Å². The fourth-order valence-electron chi connectivity index (χ4n) is 2.06. The molecule has 0 aliphatic rings. The van der Waals surface area contributed by atoms with Gasteiger partial charge in [-0.25, -0.2) is 4.79 Å². The van der Waals surface area contributed by atoms with Gasteiger partial charge in [-0.05, 0) is 44.9 Å². The molecule has 0 radical (unpaired) electrons. The molecule has 24 heavy (non-hydrogen) atoms. The lowest BCUT2D eigenvalue weighted by atomic mass is 9.98. The van der Waals surface area contributed by atoms with E-state index in [9.17, 15) is 9.59 Å². The average molecular weight is 357 g/mol. The van der Waals surface area contributed by atoms with Gasteiger partial charge in [-0.1, -0.05) is 23.7 Å². The van der Waals surface area contributed by atoms with Crippen LogP contribution < -0.4 is 11.1 Å². The number of nitrogens with two attached hydrogens (primary N) is 1. The summed E-state index contributed by atoms with van der Waals surface area (Å²) >= 11 is 5.88. The summed E-state index contributed by atoms with van der Waals surface area (Å²) < 4.78 is 9.91. The third-order valence-electron chi connectivity index (χ3n) is 3.22. The van der Waals surface area contributed by atoms with Gasteiger partial charge in [-0.2, -0.15) is 0 Å². The Morgan fingerprint density at radius 2 is 1.83 bits per heavy atom. The monoisotopic (exact) mass is 356 g/mol. The molecule has 0 fully saturated rings. The SMILES string of the molecule is COC(=O)C[C@@H](N)[C@H](Cc1ccc(Cl)cc1)NC(=O)OC(C)(C)C. The van der Waals surface area contributed by atoms with Gasteiger partial charge in [0.1, 0.15) is 5.60 Å². The van der Waals surface area contributed by atoms with E-state index in [0.717, 1.165) is 5.56 Å². The Morgan fingerprint density at radius 1 is 1.25 bits per heavy atom. The number of hydrogen-bond acceptors (Lipinski definition) is 5. The summed E-state index contributed by atoms with van der Waals surface area (Å²) in [6.45, 7) is 5.32. The Balaban J connectivity index is 2.83. The smallest absolute Gasteiger partial charge is 0.407 e. The van der Waals surface area contributed by atoms with E-state index in [1.165, 1.54) is 7.11 Å². The molecule has 7 heteroatoms. The van der Waals surface area contributed by atoms with Crippen LogP contribution in [0.1, 0.15) is 32.8 Å². The zero-order valence-corrected chi connectivity index (χ0v) is 15.2. The normalized spacial score (nSPS) is 13.8. The zero-order chi connectivity index (χ0) is 18.3. The molecule has 1 aromatic carbocycles. The highest BCUT2D eigenvalue weighted by molar-refractivity contribution is 6.30. The van der Waals surface area contributed by atoms with Crippen molar-refractivity contribution in [3.8, 4) is 0 Å². The second kappa shape index (κ2) is 8.89. The number of carbonyl (C=O) groups is 2. The van der Waals surface area contributed by atoms with E-state index < -0.39 is 29.7 Å². The maximum absolute atomic E-state index is 12.0. The van der Waals surface area contributed by atoms with E-state index in [0.29, 0.717) is 11.4 Å². The number of rotatable bonds is 6. The fraction of sp³-hybridized carbons (Fsp3) is 0.529. The summed E-state index contributed by atoms with van der Waals surface area (Å²) in [5.74, 6) is -0.436. The molecule has 1 amide bonds. The van der Waals surface area contributed by atoms with Gasteiger partial charge in [0.2, 0.25) is 0 Å². The van der Waals surface area contributed by atoms with Crippen LogP contribution in [0.5, 0.6) is 0 Å². The highest BCUT2D eigenvalue weighted by atomic mass is 35.5. The summed E-state index contributed by atoms with van der Waals surface area (Å²) in [5, 5.41) is 3.36. The lowest BCUT2D eigenvalue weighted by Crippen LogP contribution is -2.51. The molecule has 0 bridgehead atoms. The molecule has 0 aromatic heterocycles. The number of amides is 1. The molecule has 0 unspecified atom stereocenters. The number of carbonyl (C=O) groups excluding carboxylic acids is 2. The maximum atomic E-state index is 12.0. The Labute approximate surface area is 147 Å². The molecule has 0 aliphatic carbocycles. The lowest BCUT2D eigenvalue weighted by molar-refractivity contribution is -0.141. The van der Waals surface area contributed by atoms with Crippen LogP contribution in [0.15, 0.2) is 24.3 Å². The Morgan fingerprint density at radius 3 is 2.33 bits per heavy atom. The van der Waals surface area contributed by atoms with Gasteiger partial charge in [-0.3, -0.25) is 4.79 Å². The first-order valence-corrected chi connectivity index (χ1v) is 8.05. The number of esters is 1. The van der Waals surface area contributed by atoms with Crippen molar-refractivity contribution in [2.24, 2.45) is 5.73 Å². The van der Waals surface area contributed by atoms with Crippen LogP contribution in [0.25, 0.3) is 0 Å². The summed E-state index contributed by atoms with van der Waals surface area (Å²) in [4.78, 5) is 23.5. The Kier molecular flexibility index (Phi) is 7.51. The molecule has 2 atom stereocenters. The highest BCUT2D eigenvalue weighted by Crippen LogP contribution is 2.14. The van der Waals surface area contributed by atoms with Crippen LogP contribution in [0.4, 0.5) is 4.79 Å². The number of hydrogen-bond donors (Lipinski definition) is 2. The highest BCUT2D eigenvalue weighted by Gasteiger charge is 2.26. The van der Waals surface area contributed by atoms with Gasteiger partial charge in [0.25, 0.3) is 0 Å². The molecule has 134 valence electrons. The quantitative estimate of drug-likeness (QED) is 0.765. The molecule has 0 spiro atoms. The van der Waals surface area contributed by atoms with Gasteiger partial charge >= 0.3 is 12.1 Å². The third-order valence-corrected chi connectivity index (χ3v) is 3.47. The Hall–Kier alpha value is -1.79. The van der Waals surface area contributed by atoms with Crippen molar-refractivity contribution in [3.05, 3.63) is 34.9 Å². The zero-order valence-electron chi connectivity index (χ0n) is 14.5. The van der Waals surface area contributed by atoms with Crippen LogP contribution in [0.2, 0.25) is 5.02 Å². The third kappa shape index (κ3) is 7.66. The fourth-order valence-corrected chi connectivity index (χ4v) is 2.19. The van der Waals surface area contributed by atoms with Crippen molar-refractivity contribution in [2.45, 2.75) is 51.3 Å². The Bertz CT molecular complexity index is 555. The van der Waals surface area contributed by atoms with Crippen molar-refractivity contribution in [3.63, 3.8) is 0 Å². The number of nitrogens with one attached hydrogen (secondary N) is 1. The molecule has 0 heterocycles. The van der Waals surface area contributed by atoms with Crippen LogP contribution >= 0.6 is 11.6 Å². The van der Waals surface area contributed by atoms with Crippen LogP contribution in [-0.2, 0) is 20.7 Å². The molecular formula is C17H25ClN2O4. The van der Waals surface area contributed by atoms with Gasteiger partial charge in [0.15, 0.2) is 0 Å².